The van der Waals surface area contributed by atoms with Crippen LogP contribution in [0.2, 0.25) is 0 Å². The number of nitrogens with two attached hydrogens (primary N) is 1. The van der Waals surface area contributed by atoms with E-state index in [4.69, 9.17) is 34.3 Å². The number of hydrogen-bond acceptors (Lipinski definition) is 15. The van der Waals surface area contributed by atoms with Crippen molar-refractivity contribution in [2.24, 2.45) is 34.6 Å². The molecule has 18 atom stereocenters. The molecule has 3 aliphatic heterocycles. The van der Waals surface area contributed by atoms with Gasteiger partial charge in [0.1, 0.15) is 23.9 Å². The number of carbonyl (C=O) groups is 1. The van der Waals surface area contributed by atoms with Gasteiger partial charge < -0.3 is 64.7 Å². The van der Waals surface area contributed by atoms with Crippen molar-refractivity contribution < 1.29 is 58.7 Å². The Hall–Kier alpha value is -1.50. The van der Waals surface area contributed by atoms with Crippen LogP contribution in [-0.2, 0) is 33.2 Å². The molecule has 0 aromatic heterocycles. The Morgan fingerprint density at radius 1 is 0.942 bits per heavy atom. The number of aliphatic hydroxyl groups excluding tert-OH is 3. The number of methoxy groups -OCH3 is 1. The van der Waals surface area contributed by atoms with E-state index in [9.17, 15) is 30.3 Å². The molecular weight excluding hydrogens is 678 g/mol. The summed E-state index contributed by atoms with van der Waals surface area (Å²) < 4.78 is 37.3. The maximum Gasteiger partial charge on any atom is 0.311 e. The van der Waals surface area contributed by atoms with Crippen molar-refractivity contribution in [2.75, 3.05) is 21.2 Å². The average molecular weight is 748 g/mol. The third kappa shape index (κ3) is 9.47. The van der Waals surface area contributed by atoms with Crippen molar-refractivity contribution in [1.29, 1.82) is 0 Å². The van der Waals surface area contributed by atoms with Gasteiger partial charge in [0.05, 0.1) is 47.6 Å². The van der Waals surface area contributed by atoms with Crippen molar-refractivity contribution in [2.45, 2.75) is 179 Å². The number of hydrogen-bond donors (Lipinski definition) is 6. The molecule has 3 heterocycles. The highest BCUT2D eigenvalue weighted by Gasteiger charge is 2.53. The molecule has 0 aromatic carbocycles. The van der Waals surface area contributed by atoms with Gasteiger partial charge in [-0.15, -0.1) is 0 Å². The number of carbonyl (C=O) groups excluding carboxylic acids is 1. The summed E-state index contributed by atoms with van der Waals surface area (Å²) in [6.07, 6.45) is -9.09. The van der Waals surface area contributed by atoms with Crippen LogP contribution < -0.4 is 5.84 Å². The van der Waals surface area contributed by atoms with Crippen molar-refractivity contribution in [3.05, 3.63) is 0 Å². The molecule has 0 unspecified atom stereocenters. The lowest BCUT2D eigenvalue weighted by molar-refractivity contribution is -0.317. The Morgan fingerprint density at radius 3 is 2.10 bits per heavy atom. The maximum absolute atomic E-state index is 14.2. The number of esters is 1. The van der Waals surface area contributed by atoms with Gasteiger partial charge in [-0.1, -0.05) is 27.7 Å². The van der Waals surface area contributed by atoms with E-state index in [0.717, 1.165) is 0 Å². The topological polar surface area (TPSA) is 215 Å². The molecule has 3 fully saturated rings. The second kappa shape index (κ2) is 17.5. The molecule has 0 spiro atoms. The number of rotatable bonds is 7. The van der Waals surface area contributed by atoms with Crippen LogP contribution in [0.15, 0.2) is 5.10 Å². The Bertz CT molecular complexity index is 1200. The number of hydrazone groups is 1. The van der Waals surface area contributed by atoms with Crippen LogP contribution in [0.1, 0.15) is 94.9 Å². The third-order valence-electron chi connectivity index (χ3n) is 12.0. The first-order valence-electron chi connectivity index (χ1n) is 18.8. The van der Waals surface area contributed by atoms with E-state index in [1.165, 1.54) is 14.0 Å². The third-order valence-corrected chi connectivity index (χ3v) is 12.0. The summed E-state index contributed by atoms with van der Waals surface area (Å²) in [5.41, 5.74) is -4.33. The molecule has 15 nitrogen and oxygen atoms in total. The molecule has 0 radical (unpaired) electrons. The van der Waals surface area contributed by atoms with E-state index < -0.39 is 102 Å². The molecule has 0 amide bonds. The fourth-order valence-electron chi connectivity index (χ4n) is 8.67. The van der Waals surface area contributed by atoms with Crippen LogP contribution in [-0.4, -0.2) is 148 Å². The number of nitrogens with zero attached hydrogens (tertiary/aromatic N) is 2. The number of likely N-dealkylation sites (N-methyl/N-ethyl adjacent to an activating group) is 1. The van der Waals surface area contributed by atoms with E-state index in [-0.39, 0.29) is 31.4 Å². The first-order valence-corrected chi connectivity index (χ1v) is 18.8. The van der Waals surface area contributed by atoms with Crippen LogP contribution in [0.4, 0.5) is 0 Å². The van der Waals surface area contributed by atoms with E-state index in [1.54, 1.807) is 48.5 Å². The molecule has 7 N–H and O–H groups in total. The molecule has 0 saturated carbocycles. The fraction of sp³-hybridized carbons (Fsp3) is 0.946. The van der Waals surface area contributed by atoms with E-state index in [2.05, 4.69) is 5.10 Å². The minimum absolute atomic E-state index is 0.0143. The lowest BCUT2D eigenvalue weighted by Crippen LogP contribution is -2.61. The molecule has 0 aliphatic carbocycles. The highest BCUT2D eigenvalue weighted by Crippen LogP contribution is 2.41. The molecule has 304 valence electrons. The van der Waals surface area contributed by atoms with Crippen molar-refractivity contribution in [3.8, 4) is 0 Å². The van der Waals surface area contributed by atoms with Gasteiger partial charge in [0.2, 0.25) is 0 Å². The summed E-state index contributed by atoms with van der Waals surface area (Å²) in [7, 11) is 5.22. The van der Waals surface area contributed by atoms with E-state index in [1.807, 2.05) is 32.8 Å². The van der Waals surface area contributed by atoms with Gasteiger partial charge in [-0.05, 0) is 80.8 Å². The minimum Gasteiger partial charge on any atom is -0.459 e. The van der Waals surface area contributed by atoms with E-state index >= 15 is 0 Å². The highest BCUT2D eigenvalue weighted by molar-refractivity contribution is 5.89. The zero-order valence-corrected chi connectivity index (χ0v) is 33.6. The SMILES string of the molecule is CC[C@@H]1OC(=O)[C@H](C)[C@H](O[C@H]2C[C@@](C)(OC)[C@@H](O)[C@H](C)O2)[C@@H](C)[C@@H](O[C@@H]2O[C@H](C)C[C@H](N(C)C)[C@H]2O)[C@@](C)(O)C[C@@H](C)/C(=N\N)[C@@H](C)[C@H](O)[C@@]1(C)O. The molecule has 52 heavy (non-hydrogen) atoms. The van der Waals surface area contributed by atoms with Gasteiger partial charge in [0.25, 0.3) is 0 Å². The summed E-state index contributed by atoms with van der Waals surface area (Å²) in [5, 5.41) is 62.2. The standard InChI is InChI=1S/C37H69N3O12/c1-14-25-37(10,46)30(42)20(4)27(39-38)18(2)16-35(8,45)32(52-34-28(41)24(40(11)12)15-19(3)48-34)21(5)29(22(6)33(44)50-25)51-26-17-36(9,47-13)31(43)23(7)49-26/h18-26,28-32,34,41-43,45-46H,14-17,38H2,1-13H3/b39-27+/t18-,19-,20-,21-,22-,23+,24+,25+,26+,28-,29-,30+,31+,32-,34+,35+,36-,37+/m1/s1. The average Bonchev–Trinajstić information content (AvgIpc) is 3.06. The van der Waals surface area contributed by atoms with Gasteiger partial charge in [0, 0.05) is 37.1 Å². The minimum atomic E-state index is -1.91. The van der Waals surface area contributed by atoms with Crippen molar-refractivity contribution in [1.82, 2.24) is 4.90 Å². The second-order valence-corrected chi connectivity index (χ2v) is 16.6. The molecule has 3 rings (SSSR count). The number of ether oxygens (including phenoxy) is 6. The molecule has 3 aliphatic rings. The number of cyclic esters (lactones) is 1. The van der Waals surface area contributed by atoms with Crippen LogP contribution in [0, 0.1) is 23.7 Å². The van der Waals surface area contributed by atoms with Crippen molar-refractivity contribution >= 4 is 11.7 Å². The van der Waals surface area contributed by atoms with Gasteiger partial charge in [0.15, 0.2) is 12.6 Å². The molecule has 15 heteroatoms. The van der Waals surface area contributed by atoms with Crippen LogP contribution in [0.25, 0.3) is 0 Å². The van der Waals surface area contributed by atoms with Gasteiger partial charge in [-0.25, -0.2) is 0 Å². The second-order valence-electron chi connectivity index (χ2n) is 16.6. The van der Waals surface area contributed by atoms with Gasteiger partial charge >= 0.3 is 5.97 Å². The van der Waals surface area contributed by atoms with Gasteiger partial charge in [-0.2, -0.15) is 5.10 Å². The smallest absolute Gasteiger partial charge is 0.311 e. The van der Waals surface area contributed by atoms with Crippen LogP contribution >= 0.6 is 0 Å². The predicted octanol–water partition coefficient (Wildman–Crippen LogP) is 1.53. The summed E-state index contributed by atoms with van der Waals surface area (Å²) >= 11 is 0. The first kappa shape index (κ1) is 44.9. The summed E-state index contributed by atoms with van der Waals surface area (Å²) in [6.45, 7) is 17.0. The number of aliphatic hydroxyl groups is 5. The monoisotopic (exact) mass is 747 g/mol. The maximum atomic E-state index is 14.2. The molecule has 0 bridgehead atoms. The highest BCUT2D eigenvalue weighted by atomic mass is 16.7. The first-order chi connectivity index (χ1) is 24.0. The lowest BCUT2D eigenvalue weighted by atomic mass is 9.73. The van der Waals surface area contributed by atoms with Crippen molar-refractivity contribution in [3.63, 3.8) is 0 Å². The Morgan fingerprint density at radius 2 is 1.56 bits per heavy atom. The molecule has 3 saturated heterocycles. The predicted molar refractivity (Wildman–Crippen MR) is 193 cm³/mol. The zero-order valence-electron chi connectivity index (χ0n) is 33.6. The Kier molecular flexibility index (Phi) is 15.1. The molecular formula is C37H69N3O12. The molecule has 0 aromatic rings. The summed E-state index contributed by atoms with van der Waals surface area (Å²) in [4.78, 5) is 16.1. The fourth-order valence-corrected chi connectivity index (χ4v) is 8.67. The quantitative estimate of drug-likeness (QED) is 0.124. The Labute approximate surface area is 310 Å². The summed E-state index contributed by atoms with van der Waals surface area (Å²) in [6, 6.07) is -0.306. The van der Waals surface area contributed by atoms with E-state index in [0.29, 0.717) is 12.1 Å². The zero-order chi connectivity index (χ0) is 39.7. The lowest BCUT2D eigenvalue weighted by Gasteiger charge is -2.49. The largest absolute Gasteiger partial charge is 0.459 e. The van der Waals surface area contributed by atoms with Gasteiger partial charge in [-0.3, -0.25) is 4.79 Å². The normalized spacial score (nSPS) is 49.8. The van der Waals surface area contributed by atoms with Crippen LogP contribution in [0.3, 0.4) is 0 Å². The summed E-state index contributed by atoms with van der Waals surface area (Å²) in [5.74, 6) is 2.00. The Balaban J connectivity index is 2.21. The van der Waals surface area contributed by atoms with Crippen LogP contribution in [0.5, 0.6) is 0 Å².